The maximum atomic E-state index is 5.94. The molecule has 3 nitrogen and oxygen atoms in total. The van der Waals surface area contributed by atoms with Gasteiger partial charge >= 0.3 is 0 Å². The Hall–Kier alpha value is -0.260. The topological polar surface area (TPSA) is 43.8 Å². The molecule has 0 aliphatic rings. The van der Waals surface area contributed by atoms with Crippen molar-refractivity contribution < 1.29 is 0 Å². The molecular weight excluding hydrogens is 277 g/mol. The molecule has 0 aromatic carbocycles. The average Bonchev–Trinajstić information content (AvgIpc) is 2.29. The van der Waals surface area contributed by atoms with Gasteiger partial charge in [-0.05, 0) is 42.4 Å². The number of aromatic nitrogens is 2. The molecule has 0 radical (unpaired) electrons. The number of nitrogen functional groups attached to an aromatic ring is 1. The fourth-order valence-corrected chi connectivity index (χ4v) is 2.19. The molecule has 74 valence electrons. The molecule has 0 unspecified atom stereocenters. The van der Waals surface area contributed by atoms with E-state index in [2.05, 4.69) is 55.4 Å². The zero-order valence-electron chi connectivity index (χ0n) is 8.50. The van der Waals surface area contributed by atoms with Crippen LogP contribution in [0.5, 0.6) is 0 Å². The summed E-state index contributed by atoms with van der Waals surface area (Å²) >= 11 is 2.27. The lowest BCUT2D eigenvalue weighted by Crippen LogP contribution is -2.07. The summed E-state index contributed by atoms with van der Waals surface area (Å²) in [5.41, 5.74) is 7.04. The smallest absolute Gasteiger partial charge is 0.135 e. The molecule has 13 heavy (non-hydrogen) atoms. The van der Waals surface area contributed by atoms with Crippen molar-refractivity contribution in [3.8, 4) is 0 Å². The van der Waals surface area contributed by atoms with E-state index in [4.69, 9.17) is 5.73 Å². The van der Waals surface area contributed by atoms with E-state index in [1.54, 1.807) is 0 Å². The lowest BCUT2D eigenvalue weighted by molar-refractivity contribution is 0.530. The Morgan fingerprint density at radius 2 is 1.85 bits per heavy atom. The number of hydrogen-bond acceptors (Lipinski definition) is 2. The fraction of sp³-hybridized carbons (Fsp3) is 0.667. The molecule has 0 saturated carbocycles. The van der Waals surface area contributed by atoms with Crippen molar-refractivity contribution in [3.05, 3.63) is 9.26 Å². The van der Waals surface area contributed by atoms with Gasteiger partial charge in [0.25, 0.3) is 0 Å². The van der Waals surface area contributed by atoms with E-state index in [0.717, 1.165) is 15.1 Å². The number of rotatable bonds is 2. The molecule has 1 aromatic rings. The second-order valence-electron chi connectivity index (χ2n) is 3.78. The molecule has 0 amide bonds. The molecule has 0 bridgehead atoms. The molecule has 0 aliphatic heterocycles. The van der Waals surface area contributed by atoms with Crippen molar-refractivity contribution in [1.82, 2.24) is 9.78 Å². The van der Waals surface area contributed by atoms with E-state index in [-0.39, 0.29) is 0 Å². The largest absolute Gasteiger partial charge is 0.383 e. The number of nitrogens with zero attached hydrogens (tertiary/aromatic N) is 2. The van der Waals surface area contributed by atoms with Gasteiger partial charge in [0.2, 0.25) is 0 Å². The summed E-state index contributed by atoms with van der Waals surface area (Å²) in [5, 5.41) is 4.49. The molecule has 0 spiro atoms. The van der Waals surface area contributed by atoms with Gasteiger partial charge in [-0.1, -0.05) is 13.8 Å². The van der Waals surface area contributed by atoms with E-state index in [1.807, 2.05) is 4.68 Å². The zero-order chi connectivity index (χ0) is 10.2. The summed E-state index contributed by atoms with van der Waals surface area (Å²) in [5.74, 6) is 1.23. The van der Waals surface area contributed by atoms with Crippen molar-refractivity contribution >= 4 is 28.4 Å². The molecule has 4 heteroatoms. The molecule has 1 rings (SSSR count). The van der Waals surface area contributed by atoms with Gasteiger partial charge in [-0.2, -0.15) is 5.10 Å². The minimum Gasteiger partial charge on any atom is -0.383 e. The van der Waals surface area contributed by atoms with Gasteiger partial charge in [0.1, 0.15) is 5.82 Å². The van der Waals surface area contributed by atoms with Gasteiger partial charge in [-0.3, -0.25) is 0 Å². The first-order chi connectivity index (χ1) is 5.95. The SMILES string of the molecule is CC(C)c1nn(C(C)C)c(N)c1I. The number of nitrogens with two attached hydrogens (primary N) is 1. The molecule has 0 atom stereocenters. The third-order valence-corrected chi connectivity index (χ3v) is 3.05. The minimum absolute atomic E-state index is 0.334. The summed E-state index contributed by atoms with van der Waals surface area (Å²) in [6.07, 6.45) is 0. The molecule has 0 fully saturated rings. The van der Waals surface area contributed by atoms with E-state index in [1.165, 1.54) is 0 Å². The van der Waals surface area contributed by atoms with Crippen molar-refractivity contribution in [2.75, 3.05) is 5.73 Å². The van der Waals surface area contributed by atoms with Crippen molar-refractivity contribution in [2.24, 2.45) is 0 Å². The average molecular weight is 293 g/mol. The predicted molar refractivity (Wildman–Crippen MR) is 63.8 cm³/mol. The van der Waals surface area contributed by atoms with Gasteiger partial charge in [0.15, 0.2) is 0 Å². The maximum absolute atomic E-state index is 5.94. The minimum atomic E-state index is 0.334. The van der Waals surface area contributed by atoms with Crippen LogP contribution in [0.25, 0.3) is 0 Å². The van der Waals surface area contributed by atoms with Crippen LogP contribution in [0.15, 0.2) is 0 Å². The Bertz CT molecular complexity index is 274. The standard InChI is InChI=1S/C9H16IN3/c1-5(2)8-7(10)9(11)13(12-8)6(3)4/h5-6H,11H2,1-4H3. The van der Waals surface area contributed by atoms with Gasteiger partial charge in [-0.25, -0.2) is 4.68 Å². The summed E-state index contributed by atoms with van der Waals surface area (Å²) in [7, 11) is 0. The number of anilines is 1. The number of hydrogen-bond donors (Lipinski definition) is 1. The zero-order valence-corrected chi connectivity index (χ0v) is 10.7. The second kappa shape index (κ2) is 3.86. The lowest BCUT2D eigenvalue weighted by Gasteiger charge is -2.06. The van der Waals surface area contributed by atoms with Crippen LogP contribution in [0, 0.1) is 3.57 Å². The van der Waals surface area contributed by atoms with Gasteiger partial charge in [0, 0.05) is 6.04 Å². The van der Waals surface area contributed by atoms with Crippen molar-refractivity contribution in [3.63, 3.8) is 0 Å². The Morgan fingerprint density at radius 3 is 2.08 bits per heavy atom. The van der Waals surface area contributed by atoms with Crippen LogP contribution in [-0.4, -0.2) is 9.78 Å². The number of halogens is 1. The van der Waals surface area contributed by atoms with Crippen molar-refractivity contribution in [2.45, 2.75) is 39.7 Å². The molecule has 2 N–H and O–H groups in total. The lowest BCUT2D eigenvalue weighted by atomic mass is 10.1. The molecular formula is C9H16IN3. The summed E-state index contributed by atoms with van der Waals surface area (Å²) < 4.78 is 2.98. The third kappa shape index (κ3) is 1.98. The van der Waals surface area contributed by atoms with E-state index in [0.29, 0.717) is 12.0 Å². The Labute approximate surface area is 92.8 Å². The van der Waals surface area contributed by atoms with E-state index in [9.17, 15) is 0 Å². The summed E-state index contributed by atoms with van der Waals surface area (Å²) in [6.45, 7) is 8.44. The van der Waals surface area contributed by atoms with Gasteiger partial charge in [-0.15, -0.1) is 0 Å². The van der Waals surface area contributed by atoms with Gasteiger partial charge in [0.05, 0.1) is 9.26 Å². The van der Waals surface area contributed by atoms with Crippen LogP contribution in [0.4, 0.5) is 5.82 Å². The maximum Gasteiger partial charge on any atom is 0.135 e. The van der Waals surface area contributed by atoms with Crippen LogP contribution in [-0.2, 0) is 0 Å². The predicted octanol–water partition coefficient (Wildman–Crippen LogP) is 2.77. The highest BCUT2D eigenvalue weighted by atomic mass is 127. The normalized spacial score (nSPS) is 11.6. The first-order valence-electron chi connectivity index (χ1n) is 4.48. The first kappa shape index (κ1) is 10.8. The molecule has 1 heterocycles. The van der Waals surface area contributed by atoms with Crippen LogP contribution < -0.4 is 5.73 Å². The monoisotopic (exact) mass is 293 g/mol. The summed E-state index contributed by atoms with van der Waals surface area (Å²) in [4.78, 5) is 0. The summed E-state index contributed by atoms with van der Waals surface area (Å²) in [6, 6.07) is 0.334. The third-order valence-electron chi connectivity index (χ3n) is 1.95. The van der Waals surface area contributed by atoms with E-state index >= 15 is 0 Å². The Balaban J connectivity index is 3.20. The van der Waals surface area contributed by atoms with Crippen LogP contribution in [0.2, 0.25) is 0 Å². The first-order valence-corrected chi connectivity index (χ1v) is 5.56. The van der Waals surface area contributed by atoms with Crippen molar-refractivity contribution in [1.29, 1.82) is 0 Å². The van der Waals surface area contributed by atoms with Crippen LogP contribution in [0.3, 0.4) is 0 Å². The Kier molecular flexibility index (Phi) is 3.21. The molecule has 0 saturated heterocycles. The Morgan fingerprint density at radius 1 is 1.31 bits per heavy atom. The van der Waals surface area contributed by atoms with Gasteiger partial charge < -0.3 is 5.73 Å². The molecule has 0 aliphatic carbocycles. The van der Waals surface area contributed by atoms with Crippen LogP contribution >= 0.6 is 22.6 Å². The molecule has 1 aromatic heterocycles. The van der Waals surface area contributed by atoms with E-state index < -0.39 is 0 Å². The highest BCUT2D eigenvalue weighted by Gasteiger charge is 2.16. The van der Waals surface area contributed by atoms with Crippen LogP contribution in [0.1, 0.15) is 45.3 Å². The highest BCUT2D eigenvalue weighted by molar-refractivity contribution is 14.1. The highest BCUT2D eigenvalue weighted by Crippen LogP contribution is 2.27. The quantitative estimate of drug-likeness (QED) is 0.852. The fourth-order valence-electron chi connectivity index (χ4n) is 1.21. The second-order valence-corrected chi connectivity index (χ2v) is 4.86.